The maximum Gasteiger partial charge on any atom is 0.276 e. The number of ether oxygens (including phenoxy) is 1. The summed E-state index contributed by atoms with van der Waals surface area (Å²) in [4.78, 5) is 26.8. The van der Waals surface area contributed by atoms with Crippen LogP contribution < -0.4 is 10.1 Å². The lowest BCUT2D eigenvalue weighted by Gasteiger charge is -2.26. The van der Waals surface area contributed by atoms with Crippen LogP contribution in [0.2, 0.25) is 0 Å². The zero-order valence-electron chi connectivity index (χ0n) is 14.0. The molecule has 1 N–H and O–H groups in total. The number of aromatic nitrogens is 1. The minimum Gasteiger partial charge on any atom is -0.476 e. The van der Waals surface area contributed by atoms with E-state index in [0.29, 0.717) is 5.82 Å². The molecule has 0 saturated heterocycles. The number of anilines is 1. The van der Waals surface area contributed by atoms with Crippen molar-refractivity contribution in [3.05, 3.63) is 54.8 Å². The van der Waals surface area contributed by atoms with Crippen LogP contribution in [0.25, 0.3) is 0 Å². The second-order valence-corrected chi connectivity index (χ2v) is 7.59. The lowest BCUT2D eigenvalue weighted by atomic mass is 10.1. The van der Waals surface area contributed by atoms with Gasteiger partial charge in [0.05, 0.1) is 21.5 Å². The quantitative estimate of drug-likeness (QED) is 0.481. The second kappa shape index (κ2) is 7.67. The average Bonchev–Trinajstić information content (AvgIpc) is 2.53. The van der Waals surface area contributed by atoms with Crippen LogP contribution in [0.4, 0.5) is 15.9 Å². The monoisotopic (exact) mass is 489 g/mol. The molecular weight excluding hydrogens is 477 g/mol. The van der Waals surface area contributed by atoms with E-state index in [9.17, 15) is 19.3 Å². The van der Waals surface area contributed by atoms with E-state index in [-0.39, 0.29) is 10.2 Å². The van der Waals surface area contributed by atoms with Crippen LogP contribution >= 0.6 is 31.9 Å². The Morgan fingerprint density at radius 1 is 1.35 bits per heavy atom. The van der Waals surface area contributed by atoms with E-state index in [1.807, 2.05) is 0 Å². The molecule has 26 heavy (non-hydrogen) atoms. The Labute approximate surface area is 165 Å². The summed E-state index contributed by atoms with van der Waals surface area (Å²) in [6.45, 7) is 4.69. The molecule has 0 aliphatic rings. The first-order valence-corrected chi connectivity index (χ1v) is 8.86. The van der Waals surface area contributed by atoms with E-state index in [1.54, 1.807) is 13.0 Å². The molecule has 0 radical (unpaired) electrons. The van der Waals surface area contributed by atoms with Crippen molar-refractivity contribution >= 4 is 49.3 Å². The highest BCUT2D eigenvalue weighted by Gasteiger charge is 2.32. The number of nitro groups is 1. The molecule has 1 aromatic carbocycles. The molecule has 7 nitrogen and oxygen atoms in total. The molecule has 2 aromatic rings. The van der Waals surface area contributed by atoms with Gasteiger partial charge in [-0.15, -0.1) is 0 Å². The molecule has 0 aliphatic heterocycles. The summed E-state index contributed by atoms with van der Waals surface area (Å²) in [5.74, 6) is -1.22. The summed E-state index contributed by atoms with van der Waals surface area (Å²) in [6, 6.07) is 3.59. The molecule has 2 rings (SSSR count). The van der Waals surface area contributed by atoms with Gasteiger partial charge in [-0.2, -0.15) is 0 Å². The van der Waals surface area contributed by atoms with Crippen molar-refractivity contribution in [2.75, 3.05) is 5.32 Å². The molecular formula is C16H14Br2FN3O4. The highest BCUT2D eigenvalue weighted by atomic mass is 79.9. The normalized spacial score (nSPS) is 11.2. The van der Waals surface area contributed by atoms with Crippen molar-refractivity contribution in [1.29, 1.82) is 0 Å². The molecule has 1 heterocycles. The Morgan fingerprint density at radius 3 is 2.58 bits per heavy atom. The number of rotatable bonds is 5. The third-order valence-electron chi connectivity index (χ3n) is 3.38. The number of nitrogens with zero attached hydrogens (tertiary/aromatic N) is 2. The van der Waals surface area contributed by atoms with Crippen LogP contribution in [-0.2, 0) is 4.79 Å². The van der Waals surface area contributed by atoms with Crippen LogP contribution in [0.1, 0.15) is 19.4 Å². The van der Waals surface area contributed by atoms with Crippen LogP contribution in [0.15, 0.2) is 33.3 Å². The van der Waals surface area contributed by atoms with Gasteiger partial charge in [0.25, 0.3) is 11.6 Å². The van der Waals surface area contributed by atoms with E-state index in [2.05, 4.69) is 42.2 Å². The number of pyridine rings is 1. The molecule has 0 atom stereocenters. The maximum atomic E-state index is 13.9. The molecule has 0 saturated carbocycles. The van der Waals surface area contributed by atoms with Crippen molar-refractivity contribution in [3.8, 4) is 5.75 Å². The number of non-ortho nitro benzene ring substituents is 1. The van der Waals surface area contributed by atoms with Crippen molar-refractivity contribution in [3.63, 3.8) is 0 Å². The molecule has 0 spiro atoms. The van der Waals surface area contributed by atoms with E-state index in [1.165, 1.54) is 20.0 Å². The summed E-state index contributed by atoms with van der Waals surface area (Å²) in [7, 11) is 0. The third-order valence-corrected chi connectivity index (χ3v) is 4.58. The summed E-state index contributed by atoms with van der Waals surface area (Å²) in [5, 5.41) is 13.5. The maximum absolute atomic E-state index is 13.9. The van der Waals surface area contributed by atoms with Gasteiger partial charge in [-0.1, -0.05) is 0 Å². The van der Waals surface area contributed by atoms with Crippen LogP contribution in [0, 0.1) is 22.9 Å². The topological polar surface area (TPSA) is 94.4 Å². The smallest absolute Gasteiger partial charge is 0.276 e. The number of hydrogen-bond donors (Lipinski definition) is 1. The number of carbonyl (C=O) groups is 1. The van der Waals surface area contributed by atoms with Crippen molar-refractivity contribution in [2.24, 2.45) is 0 Å². The summed E-state index contributed by atoms with van der Waals surface area (Å²) >= 11 is 6.26. The van der Waals surface area contributed by atoms with Crippen molar-refractivity contribution < 1.29 is 18.8 Å². The Morgan fingerprint density at radius 2 is 2.00 bits per heavy atom. The van der Waals surface area contributed by atoms with Crippen LogP contribution in [0.5, 0.6) is 5.75 Å². The van der Waals surface area contributed by atoms with Gasteiger partial charge in [-0.3, -0.25) is 14.9 Å². The predicted octanol–water partition coefficient (Wildman–Crippen LogP) is 4.76. The third kappa shape index (κ3) is 4.55. The Bertz CT molecular complexity index is 890. The number of nitrogens with one attached hydrogen (secondary N) is 1. The van der Waals surface area contributed by atoms with Crippen LogP contribution in [-0.4, -0.2) is 21.4 Å². The first kappa shape index (κ1) is 20.2. The summed E-state index contributed by atoms with van der Waals surface area (Å²) in [6.07, 6.45) is 1.53. The summed E-state index contributed by atoms with van der Waals surface area (Å²) in [5.41, 5.74) is -1.21. The zero-order valence-corrected chi connectivity index (χ0v) is 17.1. The molecule has 1 amide bonds. The lowest BCUT2D eigenvalue weighted by molar-refractivity contribution is -0.385. The van der Waals surface area contributed by atoms with Gasteiger partial charge < -0.3 is 10.1 Å². The Balaban J connectivity index is 2.27. The summed E-state index contributed by atoms with van der Waals surface area (Å²) < 4.78 is 20.1. The van der Waals surface area contributed by atoms with Gasteiger partial charge in [-0.05, 0) is 64.3 Å². The van der Waals surface area contributed by atoms with Crippen LogP contribution in [0.3, 0.4) is 0 Å². The number of hydrogen-bond acceptors (Lipinski definition) is 5. The van der Waals surface area contributed by atoms with Gasteiger partial charge in [0.1, 0.15) is 17.4 Å². The predicted molar refractivity (Wildman–Crippen MR) is 101 cm³/mol. The zero-order chi connectivity index (χ0) is 19.6. The highest BCUT2D eigenvalue weighted by molar-refractivity contribution is 9.10. The SMILES string of the molecule is Cc1cc(Br)cnc1NC(=O)C(C)(C)Oc1cc([N+](=O)[O-])cc(F)c1Br. The number of benzene rings is 1. The van der Waals surface area contributed by atoms with E-state index < -0.39 is 27.9 Å². The molecule has 10 heteroatoms. The molecule has 0 aliphatic carbocycles. The van der Waals surface area contributed by atoms with Gasteiger partial charge >= 0.3 is 0 Å². The fourth-order valence-electron chi connectivity index (χ4n) is 1.98. The molecule has 138 valence electrons. The number of aryl methyl sites for hydroxylation is 1. The fraction of sp³-hybridized carbons (Fsp3) is 0.250. The molecule has 1 aromatic heterocycles. The first-order valence-electron chi connectivity index (χ1n) is 7.27. The highest BCUT2D eigenvalue weighted by Crippen LogP contribution is 2.35. The van der Waals surface area contributed by atoms with Crippen molar-refractivity contribution in [1.82, 2.24) is 4.98 Å². The van der Waals surface area contributed by atoms with Gasteiger partial charge in [-0.25, -0.2) is 9.37 Å². The standard InChI is InChI=1S/C16H14Br2FN3O4/c1-8-4-9(17)7-20-14(8)21-15(23)16(2,3)26-12-6-10(22(24)25)5-11(19)13(12)18/h4-7H,1-3H3,(H,20,21,23). The van der Waals surface area contributed by atoms with E-state index in [4.69, 9.17) is 4.74 Å². The lowest BCUT2D eigenvalue weighted by Crippen LogP contribution is -2.43. The van der Waals surface area contributed by atoms with E-state index in [0.717, 1.165) is 22.2 Å². The second-order valence-electron chi connectivity index (χ2n) is 5.88. The minimum atomic E-state index is -1.45. The van der Waals surface area contributed by atoms with E-state index >= 15 is 0 Å². The molecule has 0 fully saturated rings. The minimum absolute atomic E-state index is 0.109. The number of nitro benzene ring substituents is 1. The largest absolute Gasteiger partial charge is 0.476 e. The first-order chi connectivity index (χ1) is 12.0. The number of amides is 1. The molecule has 0 unspecified atom stereocenters. The average molecular weight is 491 g/mol. The van der Waals surface area contributed by atoms with Gasteiger partial charge in [0.2, 0.25) is 0 Å². The fourth-order valence-corrected chi connectivity index (χ4v) is 2.74. The van der Waals surface area contributed by atoms with Crippen molar-refractivity contribution in [2.45, 2.75) is 26.4 Å². The molecule has 0 bridgehead atoms. The van der Waals surface area contributed by atoms with Gasteiger partial charge in [0, 0.05) is 10.7 Å². The number of carbonyl (C=O) groups excluding carboxylic acids is 1. The Kier molecular flexibility index (Phi) is 5.97. The van der Waals surface area contributed by atoms with Gasteiger partial charge in [0.15, 0.2) is 5.60 Å². The Hall–Kier alpha value is -2.07. The number of halogens is 3.